The Morgan fingerprint density at radius 1 is 0.635 bits per heavy atom. The highest BCUT2D eigenvalue weighted by Gasteiger charge is 2.72. The van der Waals surface area contributed by atoms with E-state index >= 15 is 4.79 Å². The van der Waals surface area contributed by atoms with E-state index in [-0.39, 0.29) is 41.8 Å². The Hall–Kier alpha value is -1.59. The van der Waals surface area contributed by atoms with Crippen LogP contribution >= 0.6 is 0 Å². The Balaban J connectivity index is 0.921. The minimum Gasteiger partial charge on any atom is -0.432 e. The molecule has 0 amide bonds. The molecule has 0 bridgehead atoms. The van der Waals surface area contributed by atoms with E-state index < -0.39 is 164 Å². The van der Waals surface area contributed by atoms with Gasteiger partial charge in [-0.3, -0.25) is 4.79 Å². The third kappa shape index (κ3) is 8.98. The quantitative estimate of drug-likeness (QED) is 0.0653. The standard InChI is InChI=1S/C52H84O22/c1-22-10-15-52(46(65)74-45-38(63)35(60)33(58)27(71-45)21-69-42-36(61)31(56)24(54)19-67-42)17-16-49(5)23(41(52)51(22,7)66)8-9-29-48(4)13-12-30(47(2,3)28(48)11-14-50(29,49)6)72-43-39(64)40(25(55)20-68-43)73-44-37(62)34(59)32(57)26(18-53)70-44/h8,22,24-45,53-64,66H,9-21H2,1-7H3/t22-,24-,25+,26+,27-,28+,29-,30+,31+,32+,33-,34-,35+,36-,37+,38-,39-,40+,41-,42+,43+,44-,45+,48+,49-,50-,51-,52+/m1/s1. The van der Waals surface area contributed by atoms with Crippen LogP contribution < -0.4 is 0 Å². The average Bonchev–Trinajstić information content (AvgIpc) is 3.35. The van der Waals surface area contributed by atoms with E-state index in [9.17, 15) is 66.4 Å². The molecule has 4 saturated heterocycles. The van der Waals surface area contributed by atoms with E-state index in [0.717, 1.165) is 24.8 Å². The molecule has 0 spiro atoms. The Labute approximate surface area is 431 Å². The van der Waals surface area contributed by atoms with E-state index in [1.807, 2.05) is 6.92 Å². The zero-order valence-electron chi connectivity index (χ0n) is 43.5. The molecule has 13 N–H and O–H groups in total. The van der Waals surface area contributed by atoms with Gasteiger partial charge in [0.2, 0.25) is 6.29 Å². The van der Waals surface area contributed by atoms with Gasteiger partial charge in [0.05, 0.1) is 43.5 Å². The fourth-order valence-electron chi connectivity index (χ4n) is 16.1. The Kier molecular flexibility index (Phi) is 15.8. The number of rotatable bonds is 10. The van der Waals surface area contributed by atoms with Gasteiger partial charge in [0.25, 0.3) is 0 Å². The van der Waals surface area contributed by atoms with Crippen molar-refractivity contribution in [1.29, 1.82) is 0 Å². The van der Waals surface area contributed by atoms with E-state index in [4.69, 9.17) is 37.9 Å². The second-order valence-corrected chi connectivity index (χ2v) is 25.1. The zero-order valence-corrected chi connectivity index (χ0v) is 43.5. The van der Waals surface area contributed by atoms with Crippen LogP contribution in [-0.4, -0.2) is 221 Å². The number of carbonyl (C=O) groups excluding carboxylic acids is 1. The van der Waals surface area contributed by atoms with Gasteiger partial charge in [-0.05, 0) is 104 Å². The summed E-state index contributed by atoms with van der Waals surface area (Å²) in [5.74, 6) is -1.29. The van der Waals surface area contributed by atoms with Crippen LogP contribution in [0.1, 0.15) is 106 Å². The summed E-state index contributed by atoms with van der Waals surface area (Å²) < 4.78 is 46.9. The van der Waals surface area contributed by atoms with Gasteiger partial charge in [0.1, 0.15) is 85.5 Å². The number of hydrogen-bond acceptors (Lipinski definition) is 22. The maximum absolute atomic E-state index is 15.1. The lowest BCUT2D eigenvalue weighted by Crippen LogP contribution is -2.68. The van der Waals surface area contributed by atoms with Gasteiger partial charge in [0.15, 0.2) is 18.9 Å². The highest BCUT2D eigenvalue weighted by Crippen LogP contribution is 2.76. The van der Waals surface area contributed by atoms with Crippen molar-refractivity contribution in [2.45, 2.75) is 229 Å². The first-order valence-electron chi connectivity index (χ1n) is 26.8. The number of aliphatic hydroxyl groups excluding tert-OH is 12. The molecule has 0 aromatic carbocycles. The molecule has 9 rings (SSSR count). The molecule has 5 aliphatic carbocycles. The molecular formula is C52H84O22. The number of aliphatic hydroxyl groups is 13. The lowest BCUT2D eigenvalue weighted by molar-refractivity contribution is -0.357. The third-order valence-corrected chi connectivity index (χ3v) is 21.0. The van der Waals surface area contributed by atoms with Gasteiger partial charge in [0, 0.05) is 5.92 Å². The van der Waals surface area contributed by atoms with Gasteiger partial charge < -0.3 is 104 Å². The SMILES string of the molecule is C[C@@H]1CC[C@]2(C(=O)O[C@@H]3O[C@H](CO[C@@H]4OC[C@@H](O)[C@H](O)[C@H]4O)[C@@H](O)[C@H](O)[C@H]3O)CC[C@]3(C)C(=CC[C@@H]4[C@@]5(C)CC[C@H](O[C@@H]6OC[C@H](O)[C@H](O[C@H]7O[C@@H](CO)[C@H](O)[C@@H](O)[C@@H]7O)[C@H]6O)C(C)(C)[C@@H]5CC[C@]43C)[C@@H]2[C@]1(C)O. The summed E-state index contributed by atoms with van der Waals surface area (Å²) in [4.78, 5) is 15.1. The smallest absolute Gasteiger partial charge is 0.315 e. The highest BCUT2D eigenvalue weighted by molar-refractivity contribution is 5.79. The third-order valence-electron chi connectivity index (χ3n) is 21.0. The maximum Gasteiger partial charge on any atom is 0.315 e. The predicted molar refractivity (Wildman–Crippen MR) is 252 cm³/mol. The van der Waals surface area contributed by atoms with Crippen LogP contribution in [0.3, 0.4) is 0 Å². The average molecular weight is 1060 g/mol. The van der Waals surface area contributed by atoms with Crippen LogP contribution in [0.25, 0.3) is 0 Å². The van der Waals surface area contributed by atoms with Crippen LogP contribution in [0.2, 0.25) is 0 Å². The second kappa shape index (κ2) is 20.5. The minimum absolute atomic E-state index is 0.137. The summed E-state index contributed by atoms with van der Waals surface area (Å²) in [6, 6.07) is 0. The largest absolute Gasteiger partial charge is 0.432 e. The van der Waals surface area contributed by atoms with Crippen molar-refractivity contribution in [3.8, 4) is 0 Å². The van der Waals surface area contributed by atoms with Crippen LogP contribution in [0.5, 0.6) is 0 Å². The molecule has 4 saturated carbocycles. The summed E-state index contributed by atoms with van der Waals surface area (Å²) in [6.45, 7) is 13.3. The van der Waals surface area contributed by atoms with Crippen molar-refractivity contribution >= 4 is 5.97 Å². The summed E-state index contributed by atoms with van der Waals surface area (Å²) in [7, 11) is 0. The monoisotopic (exact) mass is 1060 g/mol. The van der Waals surface area contributed by atoms with E-state index in [1.54, 1.807) is 6.92 Å². The number of allylic oxidation sites excluding steroid dienone is 1. The molecule has 424 valence electrons. The number of hydrogen-bond donors (Lipinski definition) is 13. The summed E-state index contributed by atoms with van der Waals surface area (Å²) >= 11 is 0. The molecule has 74 heavy (non-hydrogen) atoms. The fourth-order valence-corrected chi connectivity index (χ4v) is 16.1. The Morgan fingerprint density at radius 3 is 1.95 bits per heavy atom. The molecule has 8 fully saturated rings. The Bertz CT molecular complexity index is 2040. The molecular weight excluding hydrogens is 977 g/mol. The molecule has 0 aromatic heterocycles. The van der Waals surface area contributed by atoms with Crippen molar-refractivity contribution in [1.82, 2.24) is 0 Å². The maximum atomic E-state index is 15.1. The molecule has 4 aliphatic heterocycles. The van der Waals surface area contributed by atoms with Gasteiger partial charge in [-0.25, -0.2) is 0 Å². The zero-order chi connectivity index (χ0) is 54.0. The molecule has 0 radical (unpaired) electrons. The van der Waals surface area contributed by atoms with Crippen molar-refractivity contribution in [3.05, 3.63) is 11.6 Å². The summed E-state index contributed by atoms with van der Waals surface area (Å²) in [5.41, 5.74) is -3.07. The molecule has 4 heterocycles. The predicted octanol–water partition coefficient (Wildman–Crippen LogP) is -1.79. The van der Waals surface area contributed by atoms with Crippen LogP contribution in [-0.2, 0) is 42.7 Å². The van der Waals surface area contributed by atoms with Crippen molar-refractivity contribution in [3.63, 3.8) is 0 Å². The number of carbonyl (C=O) groups is 1. The van der Waals surface area contributed by atoms with Crippen molar-refractivity contribution in [2.75, 3.05) is 26.4 Å². The van der Waals surface area contributed by atoms with Crippen molar-refractivity contribution in [2.24, 2.45) is 50.7 Å². The normalized spacial score (nSPS) is 55.4. The molecule has 0 aromatic rings. The summed E-state index contributed by atoms with van der Waals surface area (Å²) in [6.07, 6.45) is -20.6. The first-order valence-corrected chi connectivity index (χ1v) is 26.8. The van der Waals surface area contributed by atoms with Crippen LogP contribution in [0.4, 0.5) is 0 Å². The van der Waals surface area contributed by atoms with Crippen LogP contribution in [0, 0.1) is 50.7 Å². The Morgan fingerprint density at radius 2 is 1.26 bits per heavy atom. The van der Waals surface area contributed by atoms with Gasteiger partial charge >= 0.3 is 5.97 Å². The van der Waals surface area contributed by atoms with E-state index in [2.05, 4.69) is 40.7 Å². The first-order chi connectivity index (χ1) is 34.6. The summed E-state index contributed by atoms with van der Waals surface area (Å²) in [5, 5.41) is 140. The molecule has 9 aliphatic rings. The fraction of sp³-hybridized carbons (Fsp3) is 0.942. The number of fused-ring (bicyclic) bond motifs is 7. The molecule has 22 heteroatoms. The van der Waals surface area contributed by atoms with Gasteiger partial charge in [-0.15, -0.1) is 0 Å². The molecule has 0 unspecified atom stereocenters. The van der Waals surface area contributed by atoms with Gasteiger partial charge in [-0.1, -0.05) is 53.2 Å². The number of ether oxygens (including phenoxy) is 8. The van der Waals surface area contributed by atoms with E-state index in [1.165, 1.54) is 0 Å². The first kappa shape index (κ1) is 57.1. The minimum atomic E-state index is -1.86. The topological polar surface area (TPSA) is 354 Å². The van der Waals surface area contributed by atoms with Crippen LogP contribution in [0.15, 0.2) is 11.6 Å². The molecule has 22 nitrogen and oxygen atoms in total. The highest BCUT2D eigenvalue weighted by atomic mass is 16.7. The van der Waals surface area contributed by atoms with Gasteiger partial charge in [-0.2, -0.15) is 0 Å². The lowest BCUT2D eigenvalue weighted by Gasteiger charge is -2.72. The second-order valence-electron chi connectivity index (χ2n) is 25.1. The number of esters is 1. The molecule has 28 atom stereocenters. The van der Waals surface area contributed by atoms with E-state index in [0.29, 0.717) is 38.5 Å². The van der Waals surface area contributed by atoms with Crippen molar-refractivity contribution < 1.29 is 109 Å². The lowest BCUT2D eigenvalue weighted by atomic mass is 9.33.